The Hall–Kier alpha value is -3.40. The van der Waals surface area contributed by atoms with Gasteiger partial charge >= 0.3 is 4.87 Å². The Morgan fingerprint density at radius 3 is 2.43 bits per heavy atom. The molecule has 8 rings (SSSR count). The lowest BCUT2D eigenvalue weighted by molar-refractivity contribution is -0.123. The van der Waals surface area contributed by atoms with E-state index in [9.17, 15) is 18.8 Å². The van der Waals surface area contributed by atoms with Crippen molar-refractivity contribution in [2.75, 3.05) is 4.90 Å². The van der Waals surface area contributed by atoms with E-state index in [1.165, 1.54) is 40.5 Å². The van der Waals surface area contributed by atoms with Crippen molar-refractivity contribution in [3.05, 3.63) is 109 Å². The Morgan fingerprint density at radius 1 is 0.952 bits per heavy atom. The number of benzene rings is 3. The van der Waals surface area contributed by atoms with Gasteiger partial charge in [-0.1, -0.05) is 47.2 Å². The number of hydrogen-bond acceptors (Lipinski definition) is 6. The van der Waals surface area contributed by atoms with Crippen LogP contribution in [-0.2, 0) is 16.2 Å². The molecule has 6 nitrogen and oxygen atoms in total. The van der Waals surface area contributed by atoms with Crippen LogP contribution in [0.2, 0.25) is 5.02 Å². The number of hydrogen-bond donors (Lipinski definition) is 1. The number of nitrogens with zero attached hydrogens (tertiary/aromatic N) is 1. The molecule has 4 aliphatic rings. The van der Waals surface area contributed by atoms with Crippen molar-refractivity contribution in [3.8, 4) is 5.75 Å². The highest BCUT2D eigenvalue weighted by Gasteiger charge is 2.69. The lowest BCUT2D eigenvalue weighted by atomic mass is 9.68. The van der Waals surface area contributed by atoms with E-state index in [4.69, 9.17) is 16.3 Å². The van der Waals surface area contributed by atoms with Crippen LogP contribution in [-0.4, -0.2) is 22.0 Å². The molecule has 3 aromatic carbocycles. The fourth-order valence-electron chi connectivity index (χ4n) is 7.80. The number of nitrogens with one attached hydrogen (secondary N) is 1. The molecule has 2 bridgehead atoms. The molecule has 3 heterocycles. The topological polar surface area (TPSA) is 79.5 Å². The van der Waals surface area contributed by atoms with Gasteiger partial charge in [-0.15, -0.1) is 11.8 Å². The minimum absolute atomic E-state index is 0.00788. The van der Waals surface area contributed by atoms with Crippen LogP contribution in [0, 0.1) is 35.4 Å². The van der Waals surface area contributed by atoms with Crippen LogP contribution in [0.15, 0.2) is 82.6 Å². The minimum atomic E-state index is -0.413. The molecule has 0 radical (unpaired) electrons. The zero-order valence-electron chi connectivity index (χ0n) is 22.0. The van der Waals surface area contributed by atoms with Crippen molar-refractivity contribution < 1.29 is 18.7 Å². The molecule has 212 valence electrons. The van der Waals surface area contributed by atoms with Crippen molar-refractivity contribution in [1.29, 1.82) is 0 Å². The molecular formula is C32H24ClFN2O4S2. The predicted octanol–water partition coefficient (Wildman–Crippen LogP) is 6.49. The predicted molar refractivity (Wildman–Crippen MR) is 160 cm³/mol. The third-order valence-electron chi connectivity index (χ3n) is 9.34. The van der Waals surface area contributed by atoms with Gasteiger partial charge in [0, 0.05) is 21.1 Å². The zero-order chi connectivity index (χ0) is 28.7. The number of aromatic amines is 1. The standard InChI is InChI=1S/C32H24ClFN2O4S2/c33-17-3-1-2-15(12-17)14-40-20-10-4-16(5-11-20)23-24-21-13-22(27(24)41-29-28(23)42-32(39)35-29)26-25(21)30(37)36(31(26)38)19-8-6-18(34)7-9-19/h1-12,21-27H,13-14H2,(H,35,39)/t21?,22?,23-,24?,25?,26?,27?/m1/s1. The number of H-pyrrole nitrogens is 1. The van der Waals surface area contributed by atoms with E-state index in [1.807, 2.05) is 36.4 Å². The molecule has 2 aliphatic heterocycles. The van der Waals surface area contributed by atoms with Gasteiger partial charge in [-0.05, 0) is 83.8 Å². The van der Waals surface area contributed by atoms with Crippen molar-refractivity contribution in [3.63, 3.8) is 0 Å². The summed E-state index contributed by atoms with van der Waals surface area (Å²) in [6, 6.07) is 21.1. The number of ether oxygens (including phenoxy) is 1. The number of aromatic nitrogens is 1. The summed E-state index contributed by atoms with van der Waals surface area (Å²) >= 11 is 9.00. The number of thiazole rings is 1. The van der Waals surface area contributed by atoms with Crippen LogP contribution in [0.1, 0.15) is 28.3 Å². The summed E-state index contributed by atoms with van der Waals surface area (Å²) in [5.74, 6) is -0.809. The van der Waals surface area contributed by atoms with E-state index in [-0.39, 0.29) is 45.6 Å². The van der Waals surface area contributed by atoms with Crippen molar-refractivity contribution in [2.24, 2.45) is 29.6 Å². The Labute approximate surface area is 253 Å². The van der Waals surface area contributed by atoms with Gasteiger partial charge in [0.05, 0.1) is 22.5 Å². The van der Waals surface area contributed by atoms with E-state index in [2.05, 4.69) is 17.1 Å². The first-order chi connectivity index (χ1) is 20.4. The number of thioether (sulfide) groups is 1. The number of halogens is 2. The third kappa shape index (κ3) is 4.01. The van der Waals surface area contributed by atoms with Gasteiger partial charge in [0.1, 0.15) is 18.2 Å². The summed E-state index contributed by atoms with van der Waals surface area (Å²) in [5.41, 5.74) is 2.46. The first-order valence-electron chi connectivity index (χ1n) is 13.9. The summed E-state index contributed by atoms with van der Waals surface area (Å²) in [7, 11) is 0. The van der Waals surface area contributed by atoms with Crippen LogP contribution >= 0.6 is 34.7 Å². The summed E-state index contributed by atoms with van der Waals surface area (Å²) in [6.45, 7) is 0.391. The Kier molecular flexibility index (Phi) is 6.14. The monoisotopic (exact) mass is 618 g/mol. The summed E-state index contributed by atoms with van der Waals surface area (Å²) in [5, 5.41) is 1.63. The van der Waals surface area contributed by atoms with Gasteiger partial charge in [-0.3, -0.25) is 19.3 Å². The molecule has 2 amide bonds. The van der Waals surface area contributed by atoms with Gasteiger partial charge in [0.25, 0.3) is 0 Å². The van der Waals surface area contributed by atoms with Crippen LogP contribution in [0.25, 0.3) is 0 Å². The molecule has 3 fully saturated rings. The molecule has 4 aromatic rings. The smallest absolute Gasteiger partial charge is 0.305 e. The Morgan fingerprint density at radius 2 is 1.69 bits per heavy atom. The zero-order valence-corrected chi connectivity index (χ0v) is 24.4. The van der Waals surface area contributed by atoms with Gasteiger partial charge < -0.3 is 9.72 Å². The highest BCUT2D eigenvalue weighted by molar-refractivity contribution is 8.00. The summed E-state index contributed by atoms with van der Waals surface area (Å²) < 4.78 is 19.6. The largest absolute Gasteiger partial charge is 0.489 e. The second kappa shape index (κ2) is 9.82. The third-order valence-corrected chi connectivity index (χ3v) is 12.2. The average Bonchev–Trinajstić information content (AvgIpc) is 3.72. The number of carbonyl (C=O) groups is 2. The minimum Gasteiger partial charge on any atom is -0.489 e. The normalized spacial score (nSPS) is 29.0. The molecule has 1 aromatic heterocycles. The van der Waals surface area contributed by atoms with Crippen molar-refractivity contribution in [2.45, 2.75) is 29.2 Å². The van der Waals surface area contributed by atoms with Crippen LogP contribution in [0.4, 0.5) is 10.1 Å². The molecular weight excluding hydrogens is 595 g/mol. The van der Waals surface area contributed by atoms with Crippen molar-refractivity contribution in [1.82, 2.24) is 4.98 Å². The number of amides is 2. The molecule has 10 heteroatoms. The second-order valence-corrected chi connectivity index (χ2v) is 14.1. The Bertz CT molecular complexity index is 1790. The maximum atomic E-state index is 13.8. The number of rotatable bonds is 5. The molecule has 2 aliphatic carbocycles. The second-order valence-electron chi connectivity index (χ2n) is 11.4. The number of carbonyl (C=O) groups excluding carboxylic acids is 2. The molecule has 1 N–H and O–H groups in total. The fourth-order valence-corrected chi connectivity index (χ4v) is 10.9. The van der Waals surface area contributed by atoms with E-state index in [0.717, 1.165) is 33.2 Å². The molecule has 2 saturated carbocycles. The van der Waals surface area contributed by atoms with Crippen molar-refractivity contribution >= 4 is 52.2 Å². The van der Waals surface area contributed by atoms with Gasteiger partial charge in [-0.25, -0.2) is 4.39 Å². The molecule has 0 spiro atoms. The lowest BCUT2D eigenvalue weighted by Crippen LogP contribution is -2.42. The fraction of sp³-hybridized carbons (Fsp3) is 0.281. The van der Waals surface area contributed by atoms with Crippen LogP contribution in [0.5, 0.6) is 5.75 Å². The number of imide groups is 1. The molecule has 6 unspecified atom stereocenters. The number of fused-ring (bicyclic) bond motifs is 9. The van der Waals surface area contributed by atoms with E-state index in [0.29, 0.717) is 17.3 Å². The lowest BCUT2D eigenvalue weighted by Gasteiger charge is -2.43. The first kappa shape index (κ1) is 26.2. The average molecular weight is 619 g/mol. The summed E-state index contributed by atoms with van der Waals surface area (Å²) in [4.78, 5) is 45.3. The van der Waals surface area contributed by atoms with Gasteiger partial charge in [-0.2, -0.15) is 0 Å². The number of anilines is 1. The van der Waals surface area contributed by atoms with Gasteiger partial charge in [0.2, 0.25) is 11.8 Å². The Balaban J connectivity index is 1.11. The highest BCUT2D eigenvalue weighted by Crippen LogP contribution is 2.68. The molecule has 7 atom stereocenters. The first-order valence-corrected chi connectivity index (χ1v) is 15.9. The van der Waals surface area contributed by atoms with Crippen LogP contribution < -0.4 is 14.5 Å². The maximum absolute atomic E-state index is 13.8. The van der Waals surface area contributed by atoms with E-state index >= 15 is 0 Å². The maximum Gasteiger partial charge on any atom is 0.305 e. The molecule has 1 saturated heterocycles. The summed E-state index contributed by atoms with van der Waals surface area (Å²) in [6.07, 6.45) is 0.808. The quantitative estimate of drug-likeness (QED) is 0.259. The van der Waals surface area contributed by atoms with Gasteiger partial charge in [0.15, 0.2) is 0 Å². The van der Waals surface area contributed by atoms with E-state index < -0.39 is 17.7 Å². The van der Waals surface area contributed by atoms with E-state index in [1.54, 1.807) is 11.8 Å². The highest BCUT2D eigenvalue weighted by atomic mass is 35.5. The SMILES string of the molecule is O=C1C2C3CC(C2C(=O)N1c1ccc(F)cc1)C1C3Sc2[nH]c(=O)sc2[C@@H]1c1ccc(OCc2cccc(Cl)c2)cc1. The molecule has 42 heavy (non-hydrogen) atoms. The van der Waals surface area contributed by atoms with Crippen LogP contribution in [0.3, 0.4) is 0 Å².